The molecule has 1 aliphatic heterocycles. The van der Waals surface area contributed by atoms with Crippen LogP contribution in [0.15, 0.2) is 66.0 Å². The molecule has 0 saturated carbocycles. The van der Waals surface area contributed by atoms with Crippen molar-refractivity contribution in [1.29, 1.82) is 0 Å². The molecule has 158 valence electrons. The van der Waals surface area contributed by atoms with Crippen molar-refractivity contribution in [3.8, 4) is 5.75 Å². The summed E-state index contributed by atoms with van der Waals surface area (Å²) < 4.78 is 5.61. The van der Waals surface area contributed by atoms with E-state index < -0.39 is 0 Å². The smallest absolute Gasteiger partial charge is 0.122 e. The molecule has 0 aliphatic carbocycles. The summed E-state index contributed by atoms with van der Waals surface area (Å²) in [4.78, 5) is 6.66. The fourth-order valence-corrected chi connectivity index (χ4v) is 5.23. The summed E-state index contributed by atoms with van der Waals surface area (Å²) in [6, 6.07) is 21.7. The molecule has 1 aliphatic rings. The maximum atomic E-state index is 5.61. The van der Waals surface area contributed by atoms with Crippen molar-refractivity contribution in [3.05, 3.63) is 87.6 Å². The molecule has 0 atom stereocenters. The Kier molecular flexibility index (Phi) is 7.21. The topological polar surface area (TPSA) is 15.7 Å². The molecule has 2 aromatic carbocycles. The lowest BCUT2D eigenvalue weighted by atomic mass is 9.89. The molecule has 30 heavy (non-hydrogen) atoms. The maximum absolute atomic E-state index is 5.61. The van der Waals surface area contributed by atoms with Gasteiger partial charge in [-0.1, -0.05) is 48.5 Å². The van der Waals surface area contributed by atoms with E-state index in [1.165, 1.54) is 34.4 Å². The van der Waals surface area contributed by atoms with Crippen molar-refractivity contribution in [1.82, 2.24) is 9.80 Å². The molecule has 0 unspecified atom stereocenters. The van der Waals surface area contributed by atoms with Gasteiger partial charge in [0.15, 0.2) is 0 Å². The third-order valence-corrected chi connectivity index (χ3v) is 7.04. The van der Waals surface area contributed by atoms with E-state index >= 15 is 0 Å². The number of hydrogen-bond donors (Lipinski definition) is 0. The highest BCUT2D eigenvalue weighted by Gasteiger charge is 2.24. The van der Waals surface area contributed by atoms with Crippen LogP contribution in [0.2, 0.25) is 0 Å². The van der Waals surface area contributed by atoms with E-state index in [0.29, 0.717) is 5.92 Å². The standard InChI is InChI=1S/C26H32N2OS/c1-21-8-3-4-9-23(21)18-28(19-24-10-7-17-30-24)20-27-15-13-22(14-16-27)25-11-5-6-12-26(25)29-2/h3-12,17,22H,13-16,18-20H2,1-2H3. The number of ether oxygens (including phenoxy) is 1. The summed E-state index contributed by atoms with van der Waals surface area (Å²) in [5.74, 6) is 1.63. The number of para-hydroxylation sites is 1. The van der Waals surface area contributed by atoms with E-state index in [2.05, 4.69) is 82.8 Å². The van der Waals surface area contributed by atoms with E-state index in [4.69, 9.17) is 4.74 Å². The average Bonchev–Trinajstić information content (AvgIpc) is 3.29. The molecule has 0 amide bonds. The van der Waals surface area contributed by atoms with Crippen molar-refractivity contribution >= 4 is 11.3 Å². The van der Waals surface area contributed by atoms with Crippen molar-refractivity contribution in [2.24, 2.45) is 0 Å². The molecule has 4 rings (SSSR count). The Bertz CT molecular complexity index is 916. The van der Waals surface area contributed by atoms with Crippen molar-refractivity contribution in [3.63, 3.8) is 0 Å². The number of aryl methyl sites for hydroxylation is 1. The number of methoxy groups -OCH3 is 1. The zero-order chi connectivity index (χ0) is 20.8. The van der Waals surface area contributed by atoms with Crippen LogP contribution in [0.3, 0.4) is 0 Å². The predicted octanol–water partition coefficient (Wildman–Crippen LogP) is 5.90. The third kappa shape index (κ3) is 5.31. The number of piperidine rings is 1. The minimum Gasteiger partial charge on any atom is -0.496 e. The number of benzene rings is 2. The second kappa shape index (κ2) is 10.3. The summed E-state index contributed by atoms with van der Waals surface area (Å²) in [5, 5.41) is 2.18. The summed E-state index contributed by atoms with van der Waals surface area (Å²) in [6.07, 6.45) is 2.38. The molecule has 3 aromatic rings. The molecule has 3 nitrogen and oxygen atoms in total. The lowest BCUT2D eigenvalue weighted by Gasteiger charge is -2.36. The first-order valence-corrected chi connectivity index (χ1v) is 11.8. The van der Waals surface area contributed by atoms with Crippen molar-refractivity contribution in [2.45, 2.75) is 38.8 Å². The normalized spacial score (nSPS) is 15.6. The molecule has 0 spiro atoms. The minimum atomic E-state index is 0.597. The zero-order valence-corrected chi connectivity index (χ0v) is 18.9. The second-order valence-electron chi connectivity index (χ2n) is 8.27. The van der Waals surface area contributed by atoms with E-state index in [9.17, 15) is 0 Å². The zero-order valence-electron chi connectivity index (χ0n) is 18.1. The molecule has 0 N–H and O–H groups in total. The Morgan fingerprint density at radius 1 is 0.967 bits per heavy atom. The van der Waals surface area contributed by atoms with Crippen LogP contribution >= 0.6 is 11.3 Å². The van der Waals surface area contributed by atoms with Gasteiger partial charge in [-0.3, -0.25) is 9.80 Å². The van der Waals surface area contributed by atoms with Gasteiger partial charge in [0.25, 0.3) is 0 Å². The summed E-state index contributed by atoms with van der Waals surface area (Å²) >= 11 is 1.86. The van der Waals surface area contributed by atoms with Gasteiger partial charge in [0.2, 0.25) is 0 Å². The van der Waals surface area contributed by atoms with Crippen LogP contribution < -0.4 is 4.74 Å². The van der Waals surface area contributed by atoms with Crippen LogP contribution in [0.5, 0.6) is 5.75 Å². The number of hydrogen-bond acceptors (Lipinski definition) is 4. The number of likely N-dealkylation sites (tertiary alicyclic amines) is 1. The highest BCUT2D eigenvalue weighted by atomic mass is 32.1. The monoisotopic (exact) mass is 420 g/mol. The Hall–Kier alpha value is -2.14. The molecule has 1 fully saturated rings. The second-order valence-corrected chi connectivity index (χ2v) is 9.30. The Morgan fingerprint density at radius 2 is 1.73 bits per heavy atom. The van der Waals surface area contributed by atoms with Gasteiger partial charge in [0.05, 0.1) is 13.8 Å². The quantitative estimate of drug-likeness (QED) is 0.451. The average molecular weight is 421 g/mol. The van der Waals surface area contributed by atoms with Gasteiger partial charge in [-0.25, -0.2) is 0 Å². The predicted molar refractivity (Wildman–Crippen MR) is 126 cm³/mol. The Balaban J connectivity index is 1.40. The van der Waals surface area contributed by atoms with Crippen molar-refractivity contribution < 1.29 is 4.74 Å². The van der Waals surface area contributed by atoms with Gasteiger partial charge >= 0.3 is 0 Å². The number of thiophene rings is 1. The van der Waals surface area contributed by atoms with Gasteiger partial charge in [-0.05, 0) is 73.0 Å². The van der Waals surface area contributed by atoms with Gasteiger partial charge in [0.1, 0.15) is 5.75 Å². The van der Waals surface area contributed by atoms with Crippen LogP contribution in [-0.2, 0) is 13.1 Å². The van der Waals surface area contributed by atoms with E-state index in [1.807, 2.05) is 11.3 Å². The lowest BCUT2D eigenvalue weighted by molar-refractivity contribution is 0.0966. The molecule has 0 radical (unpaired) electrons. The van der Waals surface area contributed by atoms with E-state index in [1.54, 1.807) is 7.11 Å². The van der Waals surface area contributed by atoms with Crippen molar-refractivity contribution in [2.75, 3.05) is 26.9 Å². The van der Waals surface area contributed by atoms with Gasteiger partial charge in [-0.2, -0.15) is 0 Å². The summed E-state index contributed by atoms with van der Waals surface area (Å²) in [5.41, 5.74) is 4.18. The molecular formula is C26H32N2OS. The van der Waals surface area contributed by atoms with Gasteiger partial charge < -0.3 is 4.74 Å². The number of nitrogens with zero attached hydrogens (tertiary/aromatic N) is 2. The van der Waals surface area contributed by atoms with Crippen LogP contribution in [0.25, 0.3) is 0 Å². The van der Waals surface area contributed by atoms with Crippen LogP contribution in [-0.4, -0.2) is 36.7 Å². The minimum absolute atomic E-state index is 0.597. The highest BCUT2D eigenvalue weighted by molar-refractivity contribution is 7.09. The fraction of sp³-hybridized carbons (Fsp3) is 0.385. The molecular weight excluding hydrogens is 388 g/mol. The van der Waals surface area contributed by atoms with Crippen LogP contribution in [0.4, 0.5) is 0 Å². The Labute approximate surface area is 184 Å². The van der Waals surface area contributed by atoms with E-state index in [-0.39, 0.29) is 0 Å². The largest absolute Gasteiger partial charge is 0.496 e. The highest BCUT2D eigenvalue weighted by Crippen LogP contribution is 2.34. The fourth-order valence-electron chi connectivity index (χ4n) is 4.48. The van der Waals surface area contributed by atoms with Gasteiger partial charge in [0, 0.05) is 18.0 Å². The SMILES string of the molecule is COc1ccccc1C1CCN(CN(Cc2cccs2)Cc2ccccc2C)CC1. The third-order valence-electron chi connectivity index (χ3n) is 6.18. The first-order chi connectivity index (χ1) is 14.7. The maximum Gasteiger partial charge on any atom is 0.122 e. The molecule has 4 heteroatoms. The summed E-state index contributed by atoms with van der Waals surface area (Å²) in [6.45, 7) is 7.52. The van der Waals surface area contributed by atoms with Crippen LogP contribution in [0, 0.1) is 6.92 Å². The molecule has 0 bridgehead atoms. The Morgan fingerprint density at radius 3 is 2.47 bits per heavy atom. The first kappa shape index (κ1) is 21.1. The summed E-state index contributed by atoms with van der Waals surface area (Å²) in [7, 11) is 1.78. The van der Waals surface area contributed by atoms with Crippen LogP contribution in [0.1, 0.15) is 40.3 Å². The number of rotatable bonds is 8. The molecule has 1 aromatic heterocycles. The van der Waals surface area contributed by atoms with E-state index in [0.717, 1.165) is 38.6 Å². The lowest BCUT2D eigenvalue weighted by Crippen LogP contribution is -2.41. The first-order valence-electron chi connectivity index (χ1n) is 10.9. The molecule has 2 heterocycles. The van der Waals surface area contributed by atoms with Gasteiger partial charge in [-0.15, -0.1) is 11.3 Å². The molecule has 1 saturated heterocycles.